The molecule has 0 bridgehead atoms. The van der Waals surface area contributed by atoms with Gasteiger partial charge in [0.2, 0.25) is 0 Å². The van der Waals surface area contributed by atoms with Crippen molar-refractivity contribution < 1.29 is 9.53 Å². The Labute approximate surface area is 210 Å². The molecule has 2 N–H and O–H groups in total. The molecule has 0 saturated carbocycles. The van der Waals surface area contributed by atoms with Gasteiger partial charge in [-0.3, -0.25) is 4.79 Å². The number of hydrogen-bond acceptors (Lipinski definition) is 4. The normalized spacial score (nSPS) is 21.5. The minimum absolute atomic E-state index is 0.0474. The van der Waals surface area contributed by atoms with E-state index < -0.39 is 0 Å². The molecular formula is C30H41N3O2. The molecule has 2 aromatic rings. The van der Waals surface area contributed by atoms with Crippen LogP contribution in [-0.4, -0.2) is 44.8 Å². The summed E-state index contributed by atoms with van der Waals surface area (Å²) in [5, 5.41) is 6.93. The van der Waals surface area contributed by atoms with E-state index in [1.54, 1.807) is 0 Å². The first kappa shape index (κ1) is 24.3. The second-order valence-electron chi connectivity index (χ2n) is 10.9. The maximum atomic E-state index is 12.9. The standard InChI is InChI=1S/C30H41N3O2/c1-22-10-14-33(15-11-22)29-8-5-25(6-9-29)30(34)32-28-7-4-26-18-24(2-3-27(26)19-28)21-31-20-23-12-16-35-17-13-23/h2-3,5-6,8-9,18,22-23,28,31H,4,7,10-17,19-21H2,1H3,(H,32,34). The Morgan fingerprint density at radius 1 is 0.971 bits per heavy atom. The van der Waals surface area contributed by atoms with Gasteiger partial charge in [-0.15, -0.1) is 0 Å². The van der Waals surface area contributed by atoms with Crippen LogP contribution in [0.3, 0.4) is 0 Å². The van der Waals surface area contributed by atoms with Crippen LogP contribution in [0.2, 0.25) is 0 Å². The van der Waals surface area contributed by atoms with E-state index in [2.05, 4.69) is 52.8 Å². The zero-order valence-electron chi connectivity index (χ0n) is 21.2. The molecule has 1 atom stereocenters. The summed E-state index contributed by atoms with van der Waals surface area (Å²) in [6, 6.07) is 15.3. The highest BCUT2D eigenvalue weighted by Crippen LogP contribution is 2.25. The molecule has 1 unspecified atom stereocenters. The van der Waals surface area contributed by atoms with E-state index in [-0.39, 0.29) is 11.9 Å². The number of ether oxygens (including phenoxy) is 1. The molecule has 5 nitrogen and oxygen atoms in total. The first-order valence-electron chi connectivity index (χ1n) is 13.7. The minimum Gasteiger partial charge on any atom is -0.381 e. The maximum absolute atomic E-state index is 12.9. The van der Waals surface area contributed by atoms with Gasteiger partial charge in [0.1, 0.15) is 0 Å². The molecule has 35 heavy (non-hydrogen) atoms. The van der Waals surface area contributed by atoms with Gasteiger partial charge in [-0.05, 0) is 104 Å². The zero-order valence-corrected chi connectivity index (χ0v) is 21.2. The van der Waals surface area contributed by atoms with E-state index >= 15 is 0 Å². The number of fused-ring (bicyclic) bond motifs is 1. The van der Waals surface area contributed by atoms with Crippen LogP contribution in [-0.2, 0) is 24.1 Å². The number of carbonyl (C=O) groups excluding carboxylic acids is 1. The lowest BCUT2D eigenvalue weighted by molar-refractivity contribution is 0.0662. The first-order valence-corrected chi connectivity index (χ1v) is 13.7. The van der Waals surface area contributed by atoms with Crippen molar-refractivity contribution in [1.29, 1.82) is 0 Å². The number of rotatable bonds is 7. The third-order valence-electron chi connectivity index (χ3n) is 8.22. The van der Waals surface area contributed by atoms with Crippen molar-refractivity contribution in [3.8, 4) is 0 Å². The molecule has 2 aromatic carbocycles. The van der Waals surface area contributed by atoms with E-state index in [4.69, 9.17) is 4.74 Å². The second-order valence-corrected chi connectivity index (χ2v) is 10.9. The maximum Gasteiger partial charge on any atom is 0.251 e. The molecule has 2 fully saturated rings. The quantitative estimate of drug-likeness (QED) is 0.608. The Bertz CT molecular complexity index is 976. The summed E-state index contributed by atoms with van der Waals surface area (Å²) < 4.78 is 5.46. The lowest BCUT2D eigenvalue weighted by Crippen LogP contribution is -2.39. The SMILES string of the molecule is CC1CCN(c2ccc(C(=O)NC3CCc4cc(CNCC5CCOCC5)ccc4C3)cc2)CC1. The molecule has 188 valence electrons. The van der Waals surface area contributed by atoms with Gasteiger partial charge in [0.15, 0.2) is 0 Å². The van der Waals surface area contributed by atoms with E-state index in [1.807, 2.05) is 12.1 Å². The Hall–Kier alpha value is -2.37. The molecule has 5 heteroatoms. The van der Waals surface area contributed by atoms with E-state index in [1.165, 1.54) is 48.1 Å². The van der Waals surface area contributed by atoms with Crippen LogP contribution < -0.4 is 15.5 Å². The number of nitrogens with zero attached hydrogens (tertiary/aromatic N) is 1. The van der Waals surface area contributed by atoms with Crippen LogP contribution in [0.25, 0.3) is 0 Å². The van der Waals surface area contributed by atoms with Crippen molar-refractivity contribution in [2.75, 3.05) is 37.7 Å². The zero-order chi connectivity index (χ0) is 24.0. The van der Waals surface area contributed by atoms with Crippen LogP contribution in [0.5, 0.6) is 0 Å². The summed E-state index contributed by atoms with van der Waals surface area (Å²) in [6.45, 7) is 8.38. The number of piperidine rings is 1. The third kappa shape index (κ3) is 6.45. The Balaban J connectivity index is 1.10. The molecule has 2 aliphatic heterocycles. The van der Waals surface area contributed by atoms with E-state index in [0.29, 0.717) is 0 Å². The molecule has 3 aliphatic rings. The first-order chi connectivity index (χ1) is 17.1. The lowest BCUT2D eigenvalue weighted by Gasteiger charge is -2.32. The summed E-state index contributed by atoms with van der Waals surface area (Å²) in [6.07, 6.45) is 7.79. The molecule has 0 spiro atoms. The third-order valence-corrected chi connectivity index (χ3v) is 8.22. The molecule has 1 aliphatic carbocycles. The highest BCUT2D eigenvalue weighted by atomic mass is 16.5. The predicted molar refractivity (Wildman–Crippen MR) is 142 cm³/mol. The molecular weight excluding hydrogens is 434 g/mol. The highest BCUT2D eigenvalue weighted by Gasteiger charge is 2.22. The van der Waals surface area contributed by atoms with Gasteiger partial charge in [0.05, 0.1) is 0 Å². The monoisotopic (exact) mass is 475 g/mol. The van der Waals surface area contributed by atoms with Crippen LogP contribution >= 0.6 is 0 Å². The van der Waals surface area contributed by atoms with Gasteiger partial charge in [-0.25, -0.2) is 0 Å². The van der Waals surface area contributed by atoms with Crippen molar-refractivity contribution in [3.05, 3.63) is 64.7 Å². The van der Waals surface area contributed by atoms with E-state index in [0.717, 1.165) is 76.1 Å². The fourth-order valence-corrected chi connectivity index (χ4v) is 5.77. The van der Waals surface area contributed by atoms with Gasteiger partial charge in [-0.1, -0.05) is 25.1 Å². The van der Waals surface area contributed by atoms with Gasteiger partial charge < -0.3 is 20.3 Å². The largest absolute Gasteiger partial charge is 0.381 e. The van der Waals surface area contributed by atoms with Crippen LogP contribution in [0.1, 0.15) is 66.1 Å². The number of hydrogen-bond donors (Lipinski definition) is 2. The number of anilines is 1. The van der Waals surface area contributed by atoms with E-state index in [9.17, 15) is 4.79 Å². The van der Waals surface area contributed by atoms with Crippen LogP contribution in [0, 0.1) is 11.8 Å². The fraction of sp³-hybridized carbons (Fsp3) is 0.567. The minimum atomic E-state index is 0.0474. The molecule has 5 rings (SSSR count). The van der Waals surface area contributed by atoms with Crippen LogP contribution in [0.15, 0.2) is 42.5 Å². The van der Waals surface area contributed by atoms with Crippen molar-refractivity contribution in [2.24, 2.45) is 11.8 Å². The Morgan fingerprint density at radius 3 is 2.51 bits per heavy atom. The van der Waals surface area contributed by atoms with Gasteiger partial charge in [0, 0.05) is 50.1 Å². The van der Waals surface area contributed by atoms with Gasteiger partial charge >= 0.3 is 0 Å². The summed E-state index contributed by atoms with van der Waals surface area (Å²) >= 11 is 0. The Morgan fingerprint density at radius 2 is 1.74 bits per heavy atom. The topological polar surface area (TPSA) is 53.6 Å². The van der Waals surface area contributed by atoms with Gasteiger partial charge in [-0.2, -0.15) is 0 Å². The molecule has 0 aromatic heterocycles. The average molecular weight is 476 g/mol. The average Bonchev–Trinajstić information content (AvgIpc) is 2.90. The second kappa shape index (κ2) is 11.6. The van der Waals surface area contributed by atoms with Crippen molar-refractivity contribution in [2.45, 2.75) is 64.5 Å². The van der Waals surface area contributed by atoms with Crippen LogP contribution in [0.4, 0.5) is 5.69 Å². The summed E-state index contributed by atoms with van der Waals surface area (Å²) in [5.74, 6) is 1.61. The number of nitrogens with one attached hydrogen (secondary N) is 2. The fourth-order valence-electron chi connectivity index (χ4n) is 5.77. The molecule has 2 heterocycles. The molecule has 0 radical (unpaired) electrons. The predicted octanol–water partition coefficient (Wildman–Crippen LogP) is 4.73. The molecule has 1 amide bonds. The number of aryl methyl sites for hydroxylation is 1. The summed E-state index contributed by atoms with van der Waals surface area (Å²) in [7, 11) is 0. The summed E-state index contributed by atoms with van der Waals surface area (Å²) in [4.78, 5) is 15.4. The van der Waals surface area contributed by atoms with Gasteiger partial charge in [0.25, 0.3) is 5.91 Å². The Kier molecular flexibility index (Phi) is 8.05. The summed E-state index contributed by atoms with van der Waals surface area (Å²) in [5.41, 5.74) is 6.18. The van der Waals surface area contributed by atoms with Crippen molar-refractivity contribution in [3.63, 3.8) is 0 Å². The van der Waals surface area contributed by atoms with Crippen molar-refractivity contribution in [1.82, 2.24) is 10.6 Å². The van der Waals surface area contributed by atoms with Crippen molar-refractivity contribution >= 4 is 11.6 Å². The number of benzene rings is 2. The molecule has 2 saturated heterocycles. The smallest absolute Gasteiger partial charge is 0.251 e. The highest BCUT2D eigenvalue weighted by molar-refractivity contribution is 5.94. The number of amides is 1. The number of carbonyl (C=O) groups is 1. The lowest BCUT2D eigenvalue weighted by atomic mass is 9.87.